The van der Waals surface area contributed by atoms with Crippen LogP contribution in [0.2, 0.25) is 5.02 Å². The highest BCUT2D eigenvalue weighted by Gasteiger charge is 2.09. The standard InChI is InChI=1S/C17H12BrClN2OS/c18-12-3-7-14(8-4-12)20-16(22)9-17-21-15(10-23-17)11-1-5-13(19)6-2-11/h1-8,10H,9H2,(H,20,22). The highest BCUT2D eigenvalue weighted by atomic mass is 79.9. The van der Waals surface area contributed by atoms with Crippen LogP contribution < -0.4 is 5.32 Å². The molecule has 0 saturated heterocycles. The van der Waals surface area contributed by atoms with Gasteiger partial charge in [0, 0.05) is 26.1 Å². The normalized spacial score (nSPS) is 10.5. The molecule has 0 aliphatic heterocycles. The zero-order valence-corrected chi connectivity index (χ0v) is 15.1. The van der Waals surface area contributed by atoms with Gasteiger partial charge in [0.2, 0.25) is 5.91 Å². The van der Waals surface area contributed by atoms with Crippen molar-refractivity contribution < 1.29 is 4.79 Å². The second kappa shape index (κ2) is 7.25. The van der Waals surface area contributed by atoms with Gasteiger partial charge in [-0.3, -0.25) is 4.79 Å². The monoisotopic (exact) mass is 406 g/mol. The van der Waals surface area contributed by atoms with Crippen LogP contribution in [0.25, 0.3) is 11.3 Å². The fraction of sp³-hybridized carbons (Fsp3) is 0.0588. The van der Waals surface area contributed by atoms with Crippen LogP contribution in [0.1, 0.15) is 5.01 Å². The molecule has 2 aromatic carbocycles. The van der Waals surface area contributed by atoms with E-state index in [9.17, 15) is 4.79 Å². The number of aromatic nitrogens is 1. The summed E-state index contributed by atoms with van der Waals surface area (Å²) in [5.41, 5.74) is 2.62. The first-order chi connectivity index (χ1) is 11.1. The summed E-state index contributed by atoms with van der Waals surface area (Å²) in [6.45, 7) is 0. The highest BCUT2D eigenvalue weighted by Crippen LogP contribution is 2.24. The first-order valence-corrected chi connectivity index (χ1v) is 8.91. The van der Waals surface area contributed by atoms with Gasteiger partial charge in [0.1, 0.15) is 5.01 Å². The van der Waals surface area contributed by atoms with Gasteiger partial charge in [-0.25, -0.2) is 4.98 Å². The molecule has 0 fully saturated rings. The van der Waals surface area contributed by atoms with Crippen molar-refractivity contribution in [3.8, 4) is 11.3 Å². The van der Waals surface area contributed by atoms with Crippen molar-refractivity contribution in [3.05, 3.63) is 68.4 Å². The van der Waals surface area contributed by atoms with Crippen LogP contribution in [-0.2, 0) is 11.2 Å². The Morgan fingerprint density at radius 1 is 1.13 bits per heavy atom. The van der Waals surface area contributed by atoms with Gasteiger partial charge >= 0.3 is 0 Å². The van der Waals surface area contributed by atoms with Gasteiger partial charge in [-0.1, -0.05) is 39.7 Å². The van der Waals surface area contributed by atoms with Crippen LogP contribution in [0.5, 0.6) is 0 Å². The molecular weight excluding hydrogens is 396 g/mol. The molecule has 3 rings (SSSR count). The summed E-state index contributed by atoms with van der Waals surface area (Å²) >= 11 is 10.7. The van der Waals surface area contributed by atoms with Gasteiger partial charge in [0.25, 0.3) is 0 Å². The Labute approximate surface area is 151 Å². The molecule has 1 heterocycles. The lowest BCUT2D eigenvalue weighted by Crippen LogP contribution is -2.14. The van der Waals surface area contributed by atoms with Crippen molar-refractivity contribution in [2.24, 2.45) is 0 Å². The van der Waals surface area contributed by atoms with Crippen LogP contribution in [0.3, 0.4) is 0 Å². The fourth-order valence-electron chi connectivity index (χ4n) is 2.02. The molecule has 3 aromatic rings. The lowest BCUT2D eigenvalue weighted by atomic mass is 10.2. The lowest BCUT2D eigenvalue weighted by molar-refractivity contribution is -0.115. The molecule has 1 amide bonds. The van der Waals surface area contributed by atoms with Gasteiger partial charge in [-0.05, 0) is 36.4 Å². The predicted molar refractivity (Wildman–Crippen MR) is 99.0 cm³/mol. The molecule has 0 spiro atoms. The third-order valence-electron chi connectivity index (χ3n) is 3.13. The quantitative estimate of drug-likeness (QED) is 0.628. The number of halogens is 2. The van der Waals surface area contributed by atoms with Gasteiger partial charge in [0.05, 0.1) is 12.1 Å². The summed E-state index contributed by atoms with van der Waals surface area (Å²) in [6.07, 6.45) is 0.258. The van der Waals surface area contributed by atoms with Crippen molar-refractivity contribution in [2.75, 3.05) is 5.32 Å². The molecule has 0 saturated carbocycles. The number of hydrogen-bond donors (Lipinski definition) is 1. The summed E-state index contributed by atoms with van der Waals surface area (Å²) < 4.78 is 0.975. The van der Waals surface area contributed by atoms with Crippen LogP contribution in [-0.4, -0.2) is 10.9 Å². The lowest BCUT2D eigenvalue weighted by Gasteiger charge is -2.03. The molecule has 1 N–H and O–H groups in total. The summed E-state index contributed by atoms with van der Waals surface area (Å²) in [7, 11) is 0. The number of amides is 1. The molecule has 1 aromatic heterocycles. The maximum Gasteiger partial charge on any atom is 0.231 e. The number of carbonyl (C=O) groups excluding carboxylic acids is 1. The molecule has 116 valence electrons. The molecule has 0 bridgehead atoms. The van der Waals surface area contributed by atoms with E-state index in [4.69, 9.17) is 11.6 Å². The Morgan fingerprint density at radius 2 is 1.83 bits per heavy atom. The van der Waals surface area contributed by atoms with E-state index >= 15 is 0 Å². The van der Waals surface area contributed by atoms with Crippen LogP contribution in [0.4, 0.5) is 5.69 Å². The predicted octanol–water partition coefficient (Wildman–Crippen LogP) is 5.41. The third-order valence-corrected chi connectivity index (χ3v) is 4.76. The Morgan fingerprint density at radius 3 is 2.52 bits per heavy atom. The van der Waals surface area contributed by atoms with Crippen molar-refractivity contribution in [2.45, 2.75) is 6.42 Å². The highest BCUT2D eigenvalue weighted by molar-refractivity contribution is 9.10. The number of anilines is 1. The summed E-state index contributed by atoms with van der Waals surface area (Å²) in [6, 6.07) is 15.0. The van der Waals surface area contributed by atoms with E-state index in [0.717, 1.165) is 26.4 Å². The van der Waals surface area contributed by atoms with Gasteiger partial charge in [-0.2, -0.15) is 0 Å². The van der Waals surface area contributed by atoms with E-state index in [-0.39, 0.29) is 12.3 Å². The minimum absolute atomic E-state index is 0.0793. The zero-order chi connectivity index (χ0) is 16.2. The van der Waals surface area contributed by atoms with Crippen LogP contribution in [0, 0.1) is 0 Å². The largest absolute Gasteiger partial charge is 0.326 e. The average molecular weight is 408 g/mol. The molecule has 23 heavy (non-hydrogen) atoms. The third kappa shape index (κ3) is 4.41. The first kappa shape index (κ1) is 16.2. The van der Waals surface area contributed by atoms with E-state index in [1.54, 1.807) is 0 Å². The number of nitrogens with one attached hydrogen (secondary N) is 1. The smallest absolute Gasteiger partial charge is 0.231 e. The molecule has 0 unspecified atom stereocenters. The molecule has 0 atom stereocenters. The van der Waals surface area contributed by atoms with Gasteiger partial charge in [-0.15, -0.1) is 11.3 Å². The Bertz CT molecular complexity index is 815. The second-order valence-corrected chi connectivity index (χ2v) is 7.16. The molecule has 3 nitrogen and oxygen atoms in total. The van der Waals surface area contributed by atoms with Crippen LogP contribution in [0.15, 0.2) is 58.4 Å². The van der Waals surface area contributed by atoms with E-state index in [2.05, 4.69) is 26.2 Å². The number of hydrogen-bond acceptors (Lipinski definition) is 3. The minimum atomic E-state index is -0.0793. The Balaban J connectivity index is 1.65. The molecule has 0 aliphatic carbocycles. The Hall–Kier alpha value is -1.69. The van der Waals surface area contributed by atoms with Crippen molar-refractivity contribution in [1.82, 2.24) is 4.98 Å². The van der Waals surface area contributed by atoms with E-state index in [0.29, 0.717) is 5.02 Å². The van der Waals surface area contributed by atoms with E-state index in [1.807, 2.05) is 53.9 Å². The maximum absolute atomic E-state index is 12.1. The van der Waals surface area contributed by atoms with Crippen LogP contribution >= 0.6 is 38.9 Å². The second-order valence-electron chi connectivity index (χ2n) is 4.87. The number of rotatable bonds is 4. The summed E-state index contributed by atoms with van der Waals surface area (Å²) in [4.78, 5) is 16.6. The number of thiazole rings is 1. The SMILES string of the molecule is O=C(Cc1nc(-c2ccc(Cl)cc2)cs1)Nc1ccc(Br)cc1. The Kier molecular flexibility index (Phi) is 5.10. The molecule has 6 heteroatoms. The van der Waals surface area contributed by atoms with Gasteiger partial charge < -0.3 is 5.32 Å². The van der Waals surface area contributed by atoms with Gasteiger partial charge in [0.15, 0.2) is 0 Å². The molecular formula is C17H12BrClN2OS. The maximum atomic E-state index is 12.1. The fourth-order valence-corrected chi connectivity index (χ4v) is 3.21. The number of carbonyl (C=O) groups is 1. The molecule has 0 aliphatic rings. The topological polar surface area (TPSA) is 42.0 Å². The van der Waals surface area contributed by atoms with Crippen molar-refractivity contribution in [3.63, 3.8) is 0 Å². The van der Waals surface area contributed by atoms with E-state index in [1.165, 1.54) is 11.3 Å². The summed E-state index contributed by atoms with van der Waals surface area (Å²) in [5.74, 6) is -0.0793. The summed E-state index contributed by atoms with van der Waals surface area (Å²) in [5, 5.41) is 6.29. The first-order valence-electron chi connectivity index (χ1n) is 6.86. The average Bonchev–Trinajstić information content (AvgIpc) is 2.98. The molecule has 0 radical (unpaired) electrons. The minimum Gasteiger partial charge on any atom is -0.326 e. The number of nitrogens with zero attached hydrogens (tertiary/aromatic N) is 1. The number of benzene rings is 2. The zero-order valence-electron chi connectivity index (χ0n) is 11.9. The van der Waals surface area contributed by atoms with Crippen molar-refractivity contribution >= 4 is 50.5 Å². The van der Waals surface area contributed by atoms with E-state index < -0.39 is 0 Å². The van der Waals surface area contributed by atoms with Crippen molar-refractivity contribution in [1.29, 1.82) is 0 Å².